The molecule has 0 aliphatic carbocycles. The van der Waals surface area contributed by atoms with Crippen LogP contribution in [0.25, 0.3) is 0 Å². The van der Waals surface area contributed by atoms with E-state index in [1.54, 1.807) is 11.8 Å². The maximum Gasteiger partial charge on any atom is -0.0142 e. The molecule has 0 radical (unpaired) electrons. The zero-order valence-corrected chi connectivity index (χ0v) is 6.53. The second-order valence-corrected chi connectivity index (χ2v) is 2.26. The average molecular weight is 140 g/mol. The molecule has 0 aromatic rings. The van der Waals surface area contributed by atoms with E-state index in [0.29, 0.717) is 0 Å². The topological polar surface area (TPSA) is 0 Å². The molecule has 0 heterocycles. The van der Waals surface area contributed by atoms with Crippen LogP contribution in [0.1, 0.15) is 6.42 Å². The Morgan fingerprint density at radius 3 is 2.78 bits per heavy atom. The molecule has 0 bridgehead atoms. The Morgan fingerprint density at radius 2 is 2.22 bits per heavy atom. The van der Waals surface area contributed by atoms with Crippen molar-refractivity contribution in [3.63, 3.8) is 0 Å². The van der Waals surface area contributed by atoms with E-state index in [1.807, 2.05) is 29.9 Å². The van der Waals surface area contributed by atoms with E-state index >= 15 is 0 Å². The van der Waals surface area contributed by atoms with Crippen molar-refractivity contribution in [3.05, 3.63) is 36.3 Å². The van der Waals surface area contributed by atoms with E-state index in [2.05, 4.69) is 12.7 Å². The first-order chi connectivity index (χ1) is 4.41. The summed E-state index contributed by atoms with van der Waals surface area (Å²) in [5.74, 6) is 0. The highest BCUT2D eigenvalue weighted by atomic mass is 32.2. The van der Waals surface area contributed by atoms with Crippen LogP contribution < -0.4 is 0 Å². The minimum Gasteiger partial charge on any atom is -0.138 e. The third-order valence-corrected chi connectivity index (χ3v) is 1.19. The molecule has 9 heavy (non-hydrogen) atoms. The first kappa shape index (κ1) is 8.57. The summed E-state index contributed by atoms with van der Waals surface area (Å²) < 4.78 is 0. The van der Waals surface area contributed by atoms with Gasteiger partial charge in [-0.1, -0.05) is 24.3 Å². The van der Waals surface area contributed by atoms with E-state index in [-0.39, 0.29) is 0 Å². The standard InChI is InChI=1S/C8H12S/c1-3-4-5-6-7-8-9-2/h3,5-8H,1,4H2,2H3/b6-5+,8-7-. The van der Waals surface area contributed by atoms with Crippen LogP contribution in [-0.4, -0.2) is 6.26 Å². The lowest BCUT2D eigenvalue weighted by Crippen LogP contribution is -1.52. The largest absolute Gasteiger partial charge is 0.138 e. The van der Waals surface area contributed by atoms with Crippen molar-refractivity contribution < 1.29 is 0 Å². The minimum atomic E-state index is 0.957. The van der Waals surface area contributed by atoms with Gasteiger partial charge in [-0.15, -0.1) is 18.3 Å². The fourth-order valence-electron chi connectivity index (χ4n) is 0.377. The molecule has 0 N–H and O–H groups in total. The van der Waals surface area contributed by atoms with Gasteiger partial charge in [-0.3, -0.25) is 0 Å². The van der Waals surface area contributed by atoms with Crippen LogP contribution in [0.5, 0.6) is 0 Å². The molecule has 50 valence electrons. The molecular formula is C8H12S. The molecular weight excluding hydrogens is 128 g/mol. The Hall–Kier alpha value is -0.430. The van der Waals surface area contributed by atoms with Crippen molar-refractivity contribution in [3.8, 4) is 0 Å². The highest BCUT2D eigenvalue weighted by Gasteiger charge is 1.64. The van der Waals surface area contributed by atoms with Gasteiger partial charge in [-0.2, -0.15) is 0 Å². The Labute approximate surface area is 61.3 Å². The second-order valence-electron chi connectivity index (χ2n) is 1.52. The first-order valence-corrected chi connectivity index (χ1v) is 4.16. The van der Waals surface area contributed by atoms with Crippen LogP contribution in [0.15, 0.2) is 36.3 Å². The van der Waals surface area contributed by atoms with Gasteiger partial charge in [-0.05, 0) is 18.1 Å². The summed E-state index contributed by atoms with van der Waals surface area (Å²) >= 11 is 1.70. The number of hydrogen-bond donors (Lipinski definition) is 0. The second kappa shape index (κ2) is 7.57. The van der Waals surface area contributed by atoms with Crippen LogP contribution >= 0.6 is 11.8 Å². The molecule has 0 unspecified atom stereocenters. The zero-order chi connectivity index (χ0) is 6.95. The lowest BCUT2D eigenvalue weighted by atomic mass is 10.4. The van der Waals surface area contributed by atoms with Crippen molar-refractivity contribution in [2.45, 2.75) is 6.42 Å². The molecule has 0 aliphatic rings. The summed E-state index contributed by atoms with van der Waals surface area (Å²) in [5, 5.41) is 2.04. The SMILES string of the molecule is C=CC/C=C/C=C\SC. The molecule has 0 nitrogen and oxygen atoms in total. The quantitative estimate of drug-likeness (QED) is 0.427. The van der Waals surface area contributed by atoms with Gasteiger partial charge in [0, 0.05) is 0 Å². The van der Waals surface area contributed by atoms with Crippen LogP contribution in [0.3, 0.4) is 0 Å². The molecule has 0 atom stereocenters. The lowest BCUT2D eigenvalue weighted by Gasteiger charge is -1.75. The molecule has 0 aliphatic heterocycles. The maximum atomic E-state index is 3.60. The smallest absolute Gasteiger partial charge is 0.0142 e. The average Bonchev–Trinajstić information content (AvgIpc) is 1.89. The number of rotatable bonds is 4. The molecule has 0 fully saturated rings. The number of thioether (sulfide) groups is 1. The number of allylic oxidation sites excluding steroid dienone is 4. The Morgan fingerprint density at radius 1 is 1.44 bits per heavy atom. The first-order valence-electron chi connectivity index (χ1n) is 2.87. The highest BCUT2D eigenvalue weighted by molar-refractivity contribution is 8.01. The fraction of sp³-hybridized carbons (Fsp3) is 0.250. The molecule has 0 saturated heterocycles. The van der Waals surface area contributed by atoms with Crippen molar-refractivity contribution in [2.24, 2.45) is 0 Å². The summed E-state index contributed by atoms with van der Waals surface area (Å²) in [7, 11) is 0. The van der Waals surface area contributed by atoms with Gasteiger partial charge in [0.05, 0.1) is 0 Å². The molecule has 0 aromatic heterocycles. The van der Waals surface area contributed by atoms with E-state index in [1.165, 1.54) is 0 Å². The molecule has 0 aromatic carbocycles. The minimum absolute atomic E-state index is 0.957. The third-order valence-electron chi connectivity index (χ3n) is 0.765. The van der Waals surface area contributed by atoms with Gasteiger partial charge in [0.25, 0.3) is 0 Å². The summed E-state index contributed by atoms with van der Waals surface area (Å²) in [5.41, 5.74) is 0. The van der Waals surface area contributed by atoms with E-state index in [4.69, 9.17) is 0 Å². The monoisotopic (exact) mass is 140 g/mol. The van der Waals surface area contributed by atoms with Gasteiger partial charge >= 0.3 is 0 Å². The van der Waals surface area contributed by atoms with Gasteiger partial charge in [-0.25, -0.2) is 0 Å². The van der Waals surface area contributed by atoms with Crippen LogP contribution in [0.4, 0.5) is 0 Å². The Kier molecular flexibility index (Phi) is 7.21. The predicted octanol–water partition coefficient (Wildman–Crippen LogP) is 3.00. The lowest BCUT2D eigenvalue weighted by molar-refractivity contribution is 1.41. The summed E-state index contributed by atoms with van der Waals surface area (Å²) in [6.45, 7) is 3.60. The summed E-state index contributed by atoms with van der Waals surface area (Å²) in [4.78, 5) is 0. The molecule has 0 spiro atoms. The maximum absolute atomic E-state index is 3.60. The van der Waals surface area contributed by atoms with E-state index in [9.17, 15) is 0 Å². The number of hydrogen-bond acceptors (Lipinski definition) is 1. The fourth-order valence-corrected chi connectivity index (χ4v) is 0.625. The van der Waals surface area contributed by atoms with Crippen molar-refractivity contribution in [2.75, 3.05) is 6.26 Å². The van der Waals surface area contributed by atoms with Crippen molar-refractivity contribution >= 4 is 11.8 Å². The van der Waals surface area contributed by atoms with Gasteiger partial charge in [0.1, 0.15) is 0 Å². The molecule has 1 heteroatoms. The Bertz CT molecular complexity index is 112. The summed E-state index contributed by atoms with van der Waals surface area (Å²) in [6, 6.07) is 0. The van der Waals surface area contributed by atoms with Gasteiger partial charge in [0.15, 0.2) is 0 Å². The highest BCUT2D eigenvalue weighted by Crippen LogP contribution is 1.93. The van der Waals surface area contributed by atoms with Crippen LogP contribution in [-0.2, 0) is 0 Å². The normalized spacial score (nSPS) is 11.2. The Balaban J connectivity index is 3.23. The molecule has 0 amide bonds. The van der Waals surface area contributed by atoms with Gasteiger partial charge < -0.3 is 0 Å². The van der Waals surface area contributed by atoms with Gasteiger partial charge in [0.2, 0.25) is 0 Å². The van der Waals surface area contributed by atoms with E-state index in [0.717, 1.165) is 6.42 Å². The third kappa shape index (κ3) is 7.57. The van der Waals surface area contributed by atoms with E-state index < -0.39 is 0 Å². The van der Waals surface area contributed by atoms with Crippen molar-refractivity contribution in [1.82, 2.24) is 0 Å². The van der Waals surface area contributed by atoms with Crippen LogP contribution in [0.2, 0.25) is 0 Å². The predicted molar refractivity (Wildman–Crippen MR) is 46.6 cm³/mol. The molecule has 0 rings (SSSR count). The van der Waals surface area contributed by atoms with Crippen molar-refractivity contribution in [1.29, 1.82) is 0 Å². The zero-order valence-electron chi connectivity index (χ0n) is 5.71. The summed E-state index contributed by atoms with van der Waals surface area (Å²) in [6.07, 6.45) is 11.0. The molecule has 0 saturated carbocycles. The van der Waals surface area contributed by atoms with Crippen LogP contribution in [0, 0.1) is 0 Å².